The van der Waals surface area contributed by atoms with Crippen molar-refractivity contribution in [3.63, 3.8) is 0 Å². The molecule has 0 aromatic carbocycles. The molecule has 1 N–H and O–H groups in total. The molecule has 0 fully saturated rings. The van der Waals surface area contributed by atoms with Crippen LogP contribution in [0.1, 0.15) is 5.69 Å². The highest BCUT2D eigenvalue weighted by atomic mass is 32.2. The van der Waals surface area contributed by atoms with Gasteiger partial charge in [0.25, 0.3) is 0 Å². The topological polar surface area (TPSA) is 72.0 Å². The van der Waals surface area contributed by atoms with Crippen LogP contribution in [0.4, 0.5) is 19.0 Å². The number of rotatable bonds is 4. The van der Waals surface area contributed by atoms with Gasteiger partial charge < -0.3 is 5.32 Å². The lowest BCUT2D eigenvalue weighted by atomic mass is 10.4. The minimum atomic E-state index is -4.53. The standard InChI is InChI=1S/C8H10F3N3O2S/c1-17(15,16)5-4-12-7-3-2-6(13-14-7)8(9,10)11/h2-3H,4-5H2,1H3,(H,12,14). The van der Waals surface area contributed by atoms with Gasteiger partial charge in [-0.05, 0) is 12.1 Å². The van der Waals surface area contributed by atoms with Gasteiger partial charge in [-0.2, -0.15) is 13.2 Å². The van der Waals surface area contributed by atoms with Gasteiger partial charge in [0, 0.05) is 12.8 Å². The number of hydrogen-bond donors (Lipinski definition) is 1. The summed E-state index contributed by atoms with van der Waals surface area (Å²) in [5.74, 6) is -0.0305. The molecular formula is C8H10F3N3O2S. The van der Waals surface area contributed by atoms with Crippen molar-refractivity contribution in [3.8, 4) is 0 Å². The van der Waals surface area contributed by atoms with Crippen molar-refractivity contribution in [1.82, 2.24) is 10.2 Å². The summed E-state index contributed by atoms with van der Waals surface area (Å²) in [6, 6.07) is 1.87. The first-order chi connectivity index (χ1) is 7.68. The average molecular weight is 269 g/mol. The molecule has 0 unspecified atom stereocenters. The highest BCUT2D eigenvalue weighted by molar-refractivity contribution is 7.90. The van der Waals surface area contributed by atoms with Gasteiger partial charge in [0.15, 0.2) is 5.69 Å². The summed E-state index contributed by atoms with van der Waals surface area (Å²) in [7, 11) is -3.12. The minimum Gasteiger partial charge on any atom is -0.368 e. The summed E-state index contributed by atoms with van der Waals surface area (Å²) in [4.78, 5) is 0. The fourth-order valence-corrected chi connectivity index (χ4v) is 1.42. The molecule has 0 aliphatic carbocycles. The first-order valence-electron chi connectivity index (χ1n) is 4.51. The molecule has 96 valence electrons. The third-order valence-corrected chi connectivity index (χ3v) is 2.68. The molecule has 0 atom stereocenters. The second kappa shape index (κ2) is 4.86. The molecule has 1 aromatic rings. The molecule has 0 bridgehead atoms. The van der Waals surface area contributed by atoms with E-state index in [2.05, 4.69) is 15.5 Å². The molecule has 1 rings (SSSR count). The minimum absolute atomic E-state index is 0.0683. The predicted octanol–water partition coefficient (Wildman–Crippen LogP) is 0.952. The lowest BCUT2D eigenvalue weighted by Gasteiger charge is -2.06. The lowest BCUT2D eigenvalue weighted by Crippen LogP contribution is -2.16. The first-order valence-corrected chi connectivity index (χ1v) is 6.57. The fourth-order valence-electron chi connectivity index (χ4n) is 0.942. The van der Waals surface area contributed by atoms with Gasteiger partial charge in [-0.3, -0.25) is 0 Å². The Hall–Kier alpha value is -1.38. The number of nitrogens with zero attached hydrogens (tertiary/aromatic N) is 2. The number of anilines is 1. The van der Waals surface area contributed by atoms with Crippen molar-refractivity contribution in [2.75, 3.05) is 23.9 Å². The normalized spacial score (nSPS) is 12.5. The molecule has 0 spiro atoms. The van der Waals surface area contributed by atoms with E-state index in [1.165, 1.54) is 0 Å². The van der Waals surface area contributed by atoms with Crippen LogP contribution in [0.25, 0.3) is 0 Å². The maximum atomic E-state index is 12.1. The zero-order chi connectivity index (χ0) is 13.1. The smallest absolute Gasteiger partial charge is 0.368 e. The quantitative estimate of drug-likeness (QED) is 0.881. The van der Waals surface area contributed by atoms with Crippen LogP contribution >= 0.6 is 0 Å². The molecule has 5 nitrogen and oxygen atoms in total. The Balaban J connectivity index is 2.58. The van der Waals surface area contributed by atoms with E-state index in [1.54, 1.807) is 0 Å². The summed E-state index contributed by atoms with van der Waals surface area (Å²) in [5, 5.41) is 8.83. The molecule has 0 aliphatic rings. The Morgan fingerprint density at radius 3 is 2.35 bits per heavy atom. The number of halogens is 3. The molecule has 0 radical (unpaired) electrons. The summed E-state index contributed by atoms with van der Waals surface area (Å²) >= 11 is 0. The molecule has 0 amide bonds. The van der Waals surface area contributed by atoms with Crippen LogP contribution in [0, 0.1) is 0 Å². The Morgan fingerprint density at radius 1 is 1.29 bits per heavy atom. The summed E-state index contributed by atoms with van der Waals surface area (Å²) in [6.07, 6.45) is -3.47. The van der Waals surface area contributed by atoms with Gasteiger partial charge >= 0.3 is 6.18 Å². The van der Waals surface area contributed by atoms with E-state index in [1.807, 2.05) is 0 Å². The van der Waals surface area contributed by atoms with Crippen LogP contribution in [0.15, 0.2) is 12.1 Å². The van der Waals surface area contributed by atoms with Crippen molar-refractivity contribution in [2.24, 2.45) is 0 Å². The molecule has 1 heterocycles. The van der Waals surface area contributed by atoms with E-state index < -0.39 is 21.7 Å². The number of aromatic nitrogens is 2. The lowest BCUT2D eigenvalue weighted by molar-refractivity contribution is -0.141. The number of alkyl halides is 3. The van der Waals surface area contributed by atoms with E-state index in [0.29, 0.717) is 0 Å². The Morgan fingerprint density at radius 2 is 1.94 bits per heavy atom. The van der Waals surface area contributed by atoms with Crippen molar-refractivity contribution < 1.29 is 21.6 Å². The largest absolute Gasteiger partial charge is 0.435 e. The average Bonchev–Trinajstić information content (AvgIpc) is 2.15. The van der Waals surface area contributed by atoms with Crippen LogP contribution < -0.4 is 5.32 Å². The number of hydrogen-bond acceptors (Lipinski definition) is 5. The van der Waals surface area contributed by atoms with Crippen molar-refractivity contribution >= 4 is 15.7 Å². The maximum absolute atomic E-state index is 12.1. The molecule has 17 heavy (non-hydrogen) atoms. The number of sulfone groups is 1. The van der Waals surface area contributed by atoms with Gasteiger partial charge in [-0.25, -0.2) is 8.42 Å². The van der Waals surface area contributed by atoms with Gasteiger partial charge in [0.05, 0.1) is 5.75 Å². The van der Waals surface area contributed by atoms with Crippen molar-refractivity contribution in [1.29, 1.82) is 0 Å². The van der Waals surface area contributed by atoms with E-state index in [0.717, 1.165) is 18.4 Å². The van der Waals surface area contributed by atoms with Crippen LogP contribution in [0.5, 0.6) is 0 Å². The van der Waals surface area contributed by atoms with Crippen molar-refractivity contribution in [2.45, 2.75) is 6.18 Å². The van der Waals surface area contributed by atoms with Gasteiger partial charge in [-0.1, -0.05) is 0 Å². The summed E-state index contributed by atoms with van der Waals surface area (Å²) in [5.41, 5.74) is -1.09. The second-order valence-electron chi connectivity index (χ2n) is 3.36. The van der Waals surface area contributed by atoms with E-state index in [9.17, 15) is 21.6 Å². The molecule has 9 heteroatoms. The van der Waals surface area contributed by atoms with Crippen molar-refractivity contribution in [3.05, 3.63) is 17.8 Å². The highest BCUT2D eigenvalue weighted by Crippen LogP contribution is 2.26. The molecule has 1 aromatic heterocycles. The second-order valence-corrected chi connectivity index (χ2v) is 5.62. The van der Waals surface area contributed by atoms with Gasteiger partial charge in [0.1, 0.15) is 15.7 Å². The Labute approximate surface area is 96.0 Å². The molecular weight excluding hydrogens is 259 g/mol. The van der Waals surface area contributed by atoms with Gasteiger partial charge in [0.2, 0.25) is 0 Å². The van der Waals surface area contributed by atoms with Crippen LogP contribution in [0.2, 0.25) is 0 Å². The zero-order valence-corrected chi connectivity index (χ0v) is 9.64. The molecule has 0 aliphatic heterocycles. The Kier molecular flexibility index (Phi) is 3.91. The van der Waals surface area contributed by atoms with Crippen LogP contribution in [-0.2, 0) is 16.0 Å². The number of nitrogens with one attached hydrogen (secondary N) is 1. The van der Waals surface area contributed by atoms with E-state index >= 15 is 0 Å². The third kappa shape index (κ3) is 4.98. The molecule has 0 saturated carbocycles. The van der Waals surface area contributed by atoms with Crippen LogP contribution in [-0.4, -0.2) is 37.2 Å². The zero-order valence-electron chi connectivity index (χ0n) is 8.82. The van der Waals surface area contributed by atoms with E-state index in [-0.39, 0.29) is 18.1 Å². The third-order valence-electron chi connectivity index (χ3n) is 1.73. The summed E-state index contributed by atoms with van der Waals surface area (Å²) < 4.78 is 57.9. The van der Waals surface area contributed by atoms with Crippen LogP contribution in [0.3, 0.4) is 0 Å². The molecule has 0 saturated heterocycles. The van der Waals surface area contributed by atoms with E-state index in [4.69, 9.17) is 0 Å². The van der Waals surface area contributed by atoms with Gasteiger partial charge in [-0.15, -0.1) is 10.2 Å². The highest BCUT2D eigenvalue weighted by Gasteiger charge is 2.32. The predicted molar refractivity (Wildman–Crippen MR) is 55.2 cm³/mol. The monoisotopic (exact) mass is 269 g/mol. The SMILES string of the molecule is CS(=O)(=O)CCNc1ccc(C(F)(F)F)nn1. The fraction of sp³-hybridized carbons (Fsp3) is 0.500. The maximum Gasteiger partial charge on any atom is 0.435 e. The summed E-state index contributed by atoms with van der Waals surface area (Å²) in [6.45, 7) is 0.0683. The Bertz CT molecular complexity index is 470. The first kappa shape index (κ1) is 13.7.